The maximum atomic E-state index is 12.3. The fourth-order valence-corrected chi connectivity index (χ4v) is 5.35. The summed E-state index contributed by atoms with van der Waals surface area (Å²) in [4.78, 5) is 16.4. The molecule has 3 N–H and O–H groups in total. The summed E-state index contributed by atoms with van der Waals surface area (Å²) < 4.78 is 28.9. The second-order valence-corrected chi connectivity index (χ2v) is 11.1. The Hall–Kier alpha value is -4.82. The number of methoxy groups -OCH3 is 1. The number of esters is 1. The molecular formula is C35H35ClN4O6. The number of nitrogens with zero attached hydrogens (tertiary/aromatic N) is 2. The quantitative estimate of drug-likeness (QED) is 0.180. The predicted octanol–water partition coefficient (Wildman–Crippen LogP) is 5.49. The number of nitrogens with one attached hydrogen (secondary N) is 1. The molecule has 238 valence electrons. The average Bonchev–Trinajstić information content (AvgIpc) is 3.09. The molecule has 0 amide bonds. The summed E-state index contributed by atoms with van der Waals surface area (Å²) in [5, 5.41) is 12.8. The maximum Gasteiger partial charge on any atom is 0.322 e. The minimum Gasteiger partial charge on any atom is -0.488 e. The lowest BCUT2D eigenvalue weighted by atomic mass is 9.96. The van der Waals surface area contributed by atoms with Crippen LogP contribution in [0.25, 0.3) is 11.1 Å². The van der Waals surface area contributed by atoms with E-state index in [0.717, 1.165) is 39.3 Å². The molecule has 46 heavy (non-hydrogen) atoms. The average molecular weight is 643 g/mol. The van der Waals surface area contributed by atoms with Gasteiger partial charge in [0.25, 0.3) is 0 Å². The number of ether oxygens (including phenoxy) is 5. The molecule has 3 aromatic carbocycles. The van der Waals surface area contributed by atoms with Gasteiger partial charge in [0, 0.05) is 36.1 Å². The lowest BCUT2D eigenvalue weighted by molar-refractivity contribution is -0.143. The third-order valence-corrected chi connectivity index (χ3v) is 7.89. The highest BCUT2D eigenvalue weighted by molar-refractivity contribution is 6.32. The predicted molar refractivity (Wildman–Crippen MR) is 173 cm³/mol. The number of aromatic nitrogens is 1. The van der Waals surface area contributed by atoms with Crippen LogP contribution < -0.4 is 30.0 Å². The number of carbonyl (C=O) groups excluding carboxylic acids is 1. The molecule has 0 bridgehead atoms. The normalized spacial score (nSPS) is 12.6. The molecular weight excluding hydrogens is 608 g/mol. The highest BCUT2D eigenvalue weighted by Gasteiger charge is 2.20. The maximum absolute atomic E-state index is 12.3. The fourth-order valence-electron chi connectivity index (χ4n) is 5.11. The van der Waals surface area contributed by atoms with Crippen LogP contribution >= 0.6 is 11.6 Å². The van der Waals surface area contributed by atoms with Gasteiger partial charge in [0.05, 0.1) is 17.7 Å². The Morgan fingerprint density at radius 2 is 1.85 bits per heavy atom. The van der Waals surface area contributed by atoms with Crippen molar-refractivity contribution in [3.8, 4) is 40.2 Å². The highest BCUT2D eigenvalue weighted by atomic mass is 35.5. The van der Waals surface area contributed by atoms with Crippen molar-refractivity contribution in [1.82, 2.24) is 10.3 Å². The van der Waals surface area contributed by atoms with Crippen molar-refractivity contribution < 1.29 is 28.5 Å². The van der Waals surface area contributed by atoms with Gasteiger partial charge >= 0.3 is 5.97 Å². The topological polar surface area (TPSA) is 138 Å². The van der Waals surface area contributed by atoms with Crippen molar-refractivity contribution in [3.05, 3.63) is 99.8 Å². The van der Waals surface area contributed by atoms with Gasteiger partial charge in [-0.25, -0.2) is 0 Å². The first-order valence-electron chi connectivity index (χ1n) is 14.8. The summed E-state index contributed by atoms with van der Waals surface area (Å²) in [5.74, 6) is 1.99. The van der Waals surface area contributed by atoms with E-state index in [0.29, 0.717) is 53.8 Å². The minimum atomic E-state index is -0.599. The Bertz CT molecular complexity index is 1740. The Morgan fingerprint density at radius 1 is 1.04 bits per heavy atom. The molecule has 1 atom stereocenters. The lowest BCUT2D eigenvalue weighted by Gasteiger charge is -2.20. The van der Waals surface area contributed by atoms with Gasteiger partial charge in [-0.2, -0.15) is 5.26 Å². The zero-order valence-corrected chi connectivity index (χ0v) is 26.4. The minimum absolute atomic E-state index is 0.149. The number of nitriles is 1. The monoisotopic (exact) mass is 642 g/mol. The Balaban J connectivity index is 1.38. The van der Waals surface area contributed by atoms with Crippen LogP contribution in [0.2, 0.25) is 5.02 Å². The molecule has 2 heterocycles. The van der Waals surface area contributed by atoms with Crippen LogP contribution in [-0.2, 0) is 29.3 Å². The van der Waals surface area contributed by atoms with E-state index in [2.05, 4.69) is 29.4 Å². The van der Waals surface area contributed by atoms with Gasteiger partial charge in [0.2, 0.25) is 0 Å². The molecule has 1 aromatic heterocycles. The number of nitrogens with two attached hydrogens (primary N) is 1. The lowest BCUT2D eigenvalue weighted by Crippen LogP contribution is -2.38. The third-order valence-electron chi connectivity index (χ3n) is 7.60. The first-order valence-corrected chi connectivity index (χ1v) is 15.2. The van der Waals surface area contributed by atoms with Gasteiger partial charge in [-0.05, 0) is 66.4 Å². The Labute approximate surface area is 273 Å². The Kier molecular flexibility index (Phi) is 10.9. The first-order chi connectivity index (χ1) is 22.4. The van der Waals surface area contributed by atoms with Crippen LogP contribution in [-0.4, -0.2) is 43.9 Å². The van der Waals surface area contributed by atoms with E-state index < -0.39 is 12.0 Å². The van der Waals surface area contributed by atoms with E-state index in [1.807, 2.05) is 30.3 Å². The smallest absolute Gasteiger partial charge is 0.322 e. The van der Waals surface area contributed by atoms with E-state index in [1.54, 1.807) is 24.4 Å². The van der Waals surface area contributed by atoms with Crippen LogP contribution in [0.15, 0.2) is 67.0 Å². The van der Waals surface area contributed by atoms with Crippen molar-refractivity contribution in [2.24, 2.45) is 5.73 Å². The van der Waals surface area contributed by atoms with Crippen LogP contribution in [0.3, 0.4) is 0 Å². The molecule has 0 aliphatic carbocycles. The van der Waals surface area contributed by atoms with Crippen molar-refractivity contribution in [2.75, 3.05) is 26.9 Å². The van der Waals surface area contributed by atoms with Crippen LogP contribution in [0.5, 0.6) is 23.0 Å². The third kappa shape index (κ3) is 7.87. The molecule has 0 radical (unpaired) electrons. The molecule has 0 saturated heterocycles. The van der Waals surface area contributed by atoms with Gasteiger partial charge < -0.3 is 34.7 Å². The zero-order chi connectivity index (χ0) is 32.5. The van der Waals surface area contributed by atoms with E-state index in [4.69, 9.17) is 41.0 Å². The molecule has 10 nitrogen and oxygen atoms in total. The summed E-state index contributed by atoms with van der Waals surface area (Å²) in [5.41, 5.74) is 11.7. The largest absolute Gasteiger partial charge is 0.488 e. The number of pyridine rings is 1. The first kappa shape index (κ1) is 32.6. The SMILES string of the molecule is COC(=O)C(CCN)NCc1cc(Cl)c(OCc2cccc(-c3ccc4c(c3)OCCO4)c2C)cc1OCc1cncc(C#N)c1. The van der Waals surface area contributed by atoms with E-state index in [9.17, 15) is 10.1 Å². The summed E-state index contributed by atoms with van der Waals surface area (Å²) in [6, 6.07) is 18.7. The Morgan fingerprint density at radius 3 is 2.63 bits per heavy atom. The van der Waals surface area contributed by atoms with Crippen LogP contribution in [0.4, 0.5) is 0 Å². The molecule has 0 fully saturated rings. The summed E-state index contributed by atoms with van der Waals surface area (Å²) >= 11 is 6.73. The molecule has 1 aliphatic heterocycles. The zero-order valence-electron chi connectivity index (χ0n) is 25.7. The van der Waals surface area contributed by atoms with E-state index in [-0.39, 0.29) is 19.8 Å². The molecule has 0 saturated carbocycles. The molecule has 0 spiro atoms. The van der Waals surface area contributed by atoms with Crippen molar-refractivity contribution in [2.45, 2.75) is 39.1 Å². The molecule has 11 heteroatoms. The summed E-state index contributed by atoms with van der Waals surface area (Å²) in [6.45, 7) is 4.08. The van der Waals surface area contributed by atoms with Gasteiger partial charge in [0.1, 0.15) is 50.0 Å². The molecule has 1 aliphatic rings. The summed E-state index contributed by atoms with van der Waals surface area (Å²) in [6.07, 6.45) is 3.52. The molecule has 5 rings (SSSR count). The number of benzene rings is 3. The van der Waals surface area contributed by atoms with E-state index >= 15 is 0 Å². The van der Waals surface area contributed by atoms with Crippen LogP contribution in [0.1, 0.15) is 34.2 Å². The number of hydrogen-bond donors (Lipinski definition) is 2. The molecule has 1 unspecified atom stereocenters. The van der Waals surface area contributed by atoms with Crippen LogP contribution in [0, 0.1) is 18.3 Å². The van der Waals surface area contributed by atoms with Gasteiger partial charge in [-0.1, -0.05) is 35.9 Å². The number of carbonyl (C=O) groups is 1. The second-order valence-electron chi connectivity index (χ2n) is 10.6. The highest BCUT2D eigenvalue weighted by Crippen LogP contribution is 2.37. The van der Waals surface area contributed by atoms with Crippen molar-refractivity contribution >= 4 is 17.6 Å². The van der Waals surface area contributed by atoms with Crippen molar-refractivity contribution in [1.29, 1.82) is 5.26 Å². The summed E-state index contributed by atoms with van der Waals surface area (Å²) in [7, 11) is 1.34. The number of fused-ring (bicyclic) bond motifs is 1. The number of rotatable bonds is 13. The fraction of sp³-hybridized carbons (Fsp3) is 0.286. The van der Waals surface area contributed by atoms with Gasteiger partial charge in [0.15, 0.2) is 11.5 Å². The van der Waals surface area contributed by atoms with Crippen molar-refractivity contribution in [3.63, 3.8) is 0 Å². The van der Waals surface area contributed by atoms with Gasteiger partial charge in [-0.15, -0.1) is 0 Å². The molecule has 4 aromatic rings. The number of hydrogen-bond acceptors (Lipinski definition) is 10. The van der Waals surface area contributed by atoms with Gasteiger partial charge in [-0.3, -0.25) is 9.78 Å². The second kappa shape index (κ2) is 15.5. The number of halogens is 1. The standard InChI is InChI=1S/C35H35ClN4O6/c1-22-26(4-3-5-28(22)25-6-7-31-34(14-25)44-11-10-43-31)21-46-33-15-32(45-20-24-12-23(16-38)17-39-18-24)27(13-29(33)36)19-40-30(8-9-37)35(41)42-2/h3-7,12-15,17-18,30,40H,8-11,19-21,37H2,1-2H3. The van der Waals surface area contributed by atoms with E-state index in [1.165, 1.54) is 13.3 Å².